The molecule has 1 spiro atoms. The van der Waals surface area contributed by atoms with Crippen molar-refractivity contribution in [1.29, 1.82) is 0 Å². The minimum absolute atomic E-state index is 0.0263. The standard InChI is InChI=1S/C19H26N2O3S/c22-18(20-15-7-3-1-4-8-15)17-13-21(25(23,24)16-9-10-16)14-19(17)11-5-2-6-12-19/h1,3-4,7-8,16-17H,2,5-6,9-14H2,(H,20,22)/t17-/m0/s1. The number of carbonyl (C=O) groups is 1. The van der Waals surface area contributed by atoms with Crippen LogP contribution in [0.5, 0.6) is 0 Å². The Labute approximate surface area is 149 Å². The number of hydrogen-bond donors (Lipinski definition) is 1. The Hall–Kier alpha value is -1.40. The highest BCUT2D eigenvalue weighted by Crippen LogP contribution is 2.49. The SMILES string of the molecule is O=C(Nc1ccccc1)[C@@H]1CN(S(=O)(=O)C2CC2)CC12CCCCC2. The summed E-state index contributed by atoms with van der Waals surface area (Å²) in [7, 11) is -3.23. The minimum atomic E-state index is -3.23. The molecule has 6 heteroatoms. The molecule has 25 heavy (non-hydrogen) atoms. The molecule has 1 saturated heterocycles. The topological polar surface area (TPSA) is 66.5 Å². The van der Waals surface area contributed by atoms with Crippen molar-refractivity contribution >= 4 is 21.6 Å². The van der Waals surface area contributed by atoms with E-state index >= 15 is 0 Å². The smallest absolute Gasteiger partial charge is 0.229 e. The van der Waals surface area contributed by atoms with Crippen LogP contribution < -0.4 is 5.32 Å². The zero-order valence-corrected chi connectivity index (χ0v) is 15.3. The van der Waals surface area contributed by atoms with Crippen LogP contribution in [0.3, 0.4) is 0 Å². The Kier molecular flexibility index (Phi) is 4.36. The molecule has 3 fully saturated rings. The Bertz CT molecular complexity index is 737. The molecule has 2 saturated carbocycles. The molecule has 0 unspecified atom stereocenters. The van der Waals surface area contributed by atoms with Crippen LogP contribution in [0, 0.1) is 11.3 Å². The first kappa shape index (κ1) is 17.0. The highest BCUT2D eigenvalue weighted by atomic mass is 32.2. The lowest BCUT2D eigenvalue weighted by atomic mass is 9.67. The van der Waals surface area contributed by atoms with Gasteiger partial charge in [0.15, 0.2) is 0 Å². The Morgan fingerprint density at radius 2 is 1.76 bits per heavy atom. The van der Waals surface area contributed by atoms with Crippen molar-refractivity contribution in [2.45, 2.75) is 50.2 Å². The fourth-order valence-electron chi connectivity index (χ4n) is 4.57. The number of rotatable bonds is 4. The molecule has 5 nitrogen and oxygen atoms in total. The number of nitrogens with zero attached hydrogens (tertiary/aromatic N) is 1. The van der Waals surface area contributed by atoms with E-state index in [4.69, 9.17) is 0 Å². The van der Waals surface area contributed by atoms with Gasteiger partial charge < -0.3 is 5.32 Å². The molecule has 1 N–H and O–H groups in total. The average molecular weight is 362 g/mol. The third kappa shape index (κ3) is 3.22. The van der Waals surface area contributed by atoms with Crippen molar-refractivity contribution in [3.05, 3.63) is 30.3 Å². The number of hydrogen-bond acceptors (Lipinski definition) is 3. The summed E-state index contributed by atoms with van der Waals surface area (Å²) in [5.74, 6) is -0.275. The van der Waals surface area contributed by atoms with E-state index in [9.17, 15) is 13.2 Å². The molecular weight excluding hydrogens is 336 g/mol. The summed E-state index contributed by atoms with van der Waals surface area (Å²) in [6.07, 6.45) is 6.82. The average Bonchev–Trinajstić information content (AvgIpc) is 3.40. The van der Waals surface area contributed by atoms with Gasteiger partial charge in [-0.05, 0) is 43.2 Å². The first-order valence-corrected chi connectivity index (χ1v) is 10.9. The summed E-state index contributed by atoms with van der Waals surface area (Å²) in [5, 5.41) is 2.81. The number of anilines is 1. The van der Waals surface area contributed by atoms with Gasteiger partial charge in [-0.2, -0.15) is 0 Å². The van der Waals surface area contributed by atoms with Crippen molar-refractivity contribution in [1.82, 2.24) is 4.31 Å². The van der Waals surface area contributed by atoms with E-state index in [2.05, 4.69) is 5.32 Å². The van der Waals surface area contributed by atoms with Crippen LogP contribution in [-0.4, -0.2) is 37.0 Å². The van der Waals surface area contributed by atoms with Crippen LogP contribution in [0.25, 0.3) is 0 Å². The van der Waals surface area contributed by atoms with Gasteiger partial charge in [-0.3, -0.25) is 4.79 Å². The van der Waals surface area contributed by atoms with Gasteiger partial charge in [0.1, 0.15) is 0 Å². The van der Waals surface area contributed by atoms with E-state index in [1.165, 1.54) is 6.42 Å². The van der Waals surface area contributed by atoms with Crippen molar-refractivity contribution in [2.24, 2.45) is 11.3 Å². The van der Waals surface area contributed by atoms with E-state index in [0.717, 1.165) is 44.2 Å². The number of benzene rings is 1. The fraction of sp³-hybridized carbons (Fsp3) is 0.632. The maximum Gasteiger partial charge on any atom is 0.229 e. The third-order valence-corrected chi connectivity index (χ3v) is 8.44. The molecule has 1 aromatic carbocycles. The van der Waals surface area contributed by atoms with Gasteiger partial charge in [0.2, 0.25) is 15.9 Å². The molecule has 1 atom stereocenters. The lowest BCUT2D eigenvalue weighted by molar-refractivity contribution is -0.123. The van der Waals surface area contributed by atoms with E-state index in [1.807, 2.05) is 30.3 Å². The number of para-hydroxylation sites is 1. The number of amides is 1. The summed E-state index contributed by atoms with van der Waals surface area (Å²) >= 11 is 0. The molecule has 0 radical (unpaired) electrons. The molecule has 1 aromatic rings. The molecule has 3 aliphatic rings. The van der Waals surface area contributed by atoms with E-state index in [0.29, 0.717) is 13.1 Å². The molecule has 0 bridgehead atoms. The van der Waals surface area contributed by atoms with Gasteiger partial charge in [0, 0.05) is 18.8 Å². The Morgan fingerprint density at radius 3 is 2.40 bits per heavy atom. The van der Waals surface area contributed by atoms with Gasteiger partial charge in [-0.15, -0.1) is 0 Å². The lowest BCUT2D eigenvalue weighted by Gasteiger charge is -2.37. The normalized spacial score (nSPS) is 26.6. The van der Waals surface area contributed by atoms with Gasteiger partial charge in [0.25, 0.3) is 0 Å². The first-order chi connectivity index (χ1) is 12.0. The van der Waals surface area contributed by atoms with E-state index < -0.39 is 10.0 Å². The third-order valence-electron chi connectivity index (χ3n) is 6.13. The molecule has 4 rings (SSSR count). The summed E-state index contributed by atoms with van der Waals surface area (Å²) < 4.78 is 27.1. The maximum atomic E-state index is 13.0. The van der Waals surface area contributed by atoms with Gasteiger partial charge in [-0.1, -0.05) is 37.5 Å². The zero-order chi connectivity index (χ0) is 17.5. The second kappa shape index (κ2) is 6.40. The van der Waals surface area contributed by atoms with Crippen molar-refractivity contribution < 1.29 is 13.2 Å². The molecular formula is C19H26N2O3S. The van der Waals surface area contributed by atoms with Crippen LogP contribution >= 0.6 is 0 Å². The second-order valence-corrected chi connectivity index (χ2v) is 10.1. The minimum Gasteiger partial charge on any atom is -0.326 e. The van der Waals surface area contributed by atoms with Crippen LogP contribution in [0.1, 0.15) is 44.9 Å². The van der Waals surface area contributed by atoms with E-state index in [1.54, 1.807) is 4.31 Å². The summed E-state index contributed by atoms with van der Waals surface area (Å²) in [5.41, 5.74) is 0.598. The van der Waals surface area contributed by atoms with Gasteiger partial charge >= 0.3 is 0 Å². The second-order valence-electron chi connectivity index (χ2n) is 7.87. The fourth-order valence-corrected chi connectivity index (χ4v) is 6.52. The molecule has 2 aliphatic carbocycles. The first-order valence-electron chi connectivity index (χ1n) is 9.36. The van der Waals surface area contributed by atoms with Crippen molar-refractivity contribution in [3.8, 4) is 0 Å². The van der Waals surface area contributed by atoms with Gasteiger partial charge in [0.05, 0.1) is 11.2 Å². The quantitative estimate of drug-likeness (QED) is 0.895. The molecule has 0 aromatic heterocycles. The largest absolute Gasteiger partial charge is 0.326 e. The highest BCUT2D eigenvalue weighted by Gasteiger charge is 2.55. The Morgan fingerprint density at radius 1 is 1.08 bits per heavy atom. The van der Waals surface area contributed by atoms with Crippen molar-refractivity contribution in [2.75, 3.05) is 18.4 Å². The molecule has 1 heterocycles. The van der Waals surface area contributed by atoms with E-state index in [-0.39, 0.29) is 22.5 Å². The summed E-state index contributed by atoms with van der Waals surface area (Å²) in [6.45, 7) is 0.871. The molecule has 1 aliphatic heterocycles. The molecule has 136 valence electrons. The van der Waals surface area contributed by atoms with Crippen LogP contribution in [-0.2, 0) is 14.8 Å². The van der Waals surface area contributed by atoms with Crippen LogP contribution in [0.15, 0.2) is 30.3 Å². The summed E-state index contributed by atoms with van der Waals surface area (Å²) in [6, 6.07) is 9.45. The highest BCUT2D eigenvalue weighted by molar-refractivity contribution is 7.90. The monoisotopic (exact) mass is 362 g/mol. The van der Waals surface area contributed by atoms with Crippen LogP contribution in [0.2, 0.25) is 0 Å². The zero-order valence-electron chi connectivity index (χ0n) is 14.5. The maximum absolute atomic E-state index is 13.0. The predicted octanol–water partition coefficient (Wildman–Crippen LogP) is 3.00. The predicted molar refractivity (Wildman–Crippen MR) is 97.6 cm³/mol. The lowest BCUT2D eigenvalue weighted by Crippen LogP contribution is -2.39. The van der Waals surface area contributed by atoms with Gasteiger partial charge in [-0.25, -0.2) is 12.7 Å². The molecule has 1 amide bonds. The van der Waals surface area contributed by atoms with Crippen LogP contribution in [0.4, 0.5) is 5.69 Å². The number of nitrogens with one attached hydrogen (secondary N) is 1. The number of carbonyl (C=O) groups excluding carboxylic acids is 1. The summed E-state index contributed by atoms with van der Waals surface area (Å²) in [4.78, 5) is 13.0. The van der Waals surface area contributed by atoms with Crippen molar-refractivity contribution in [3.63, 3.8) is 0 Å². The number of sulfonamides is 1. The Balaban J connectivity index is 1.58.